The molecule has 1 N–H and O–H groups in total. The lowest BCUT2D eigenvalue weighted by Crippen LogP contribution is -2.54. The van der Waals surface area contributed by atoms with Crippen molar-refractivity contribution in [2.45, 2.75) is 31.1 Å². The Balaban J connectivity index is 2.06. The van der Waals surface area contributed by atoms with Crippen LogP contribution in [0.15, 0.2) is 0 Å². The average Bonchev–Trinajstić information content (AvgIpc) is 2.74. The third-order valence-corrected chi connectivity index (χ3v) is 5.89. The molecular formula is C10H20N2O3S. The van der Waals surface area contributed by atoms with Crippen LogP contribution in [0.4, 0.5) is 0 Å². The number of aliphatic hydroxyl groups excluding tert-OH is 1. The normalized spacial score (nSPS) is 30.2. The van der Waals surface area contributed by atoms with Crippen LogP contribution in [0.1, 0.15) is 19.8 Å². The summed E-state index contributed by atoms with van der Waals surface area (Å²) in [6, 6.07) is 0.398. The van der Waals surface area contributed by atoms with E-state index >= 15 is 0 Å². The van der Waals surface area contributed by atoms with Gasteiger partial charge in [-0.3, -0.25) is 4.90 Å². The van der Waals surface area contributed by atoms with Crippen LogP contribution in [-0.2, 0) is 10.0 Å². The molecule has 0 aromatic heterocycles. The van der Waals surface area contributed by atoms with Gasteiger partial charge in [0.05, 0.1) is 11.9 Å². The Hall–Kier alpha value is -0.170. The molecule has 16 heavy (non-hydrogen) atoms. The maximum atomic E-state index is 12.1. The molecule has 0 bridgehead atoms. The summed E-state index contributed by atoms with van der Waals surface area (Å²) in [4.78, 5) is 2.37. The monoisotopic (exact) mass is 248 g/mol. The van der Waals surface area contributed by atoms with Crippen molar-refractivity contribution in [2.24, 2.45) is 0 Å². The third kappa shape index (κ3) is 2.11. The van der Waals surface area contributed by atoms with Crippen molar-refractivity contribution >= 4 is 10.0 Å². The number of piperazine rings is 1. The summed E-state index contributed by atoms with van der Waals surface area (Å²) >= 11 is 0. The van der Waals surface area contributed by atoms with Gasteiger partial charge in [-0.25, -0.2) is 8.42 Å². The van der Waals surface area contributed by atoms with Crippen LogP contribution in [-0.4, -0.2) is 66.8 Å². The van der Waals surface area contributed by atoms with Crippen LogP contribution >= 0.6 is 0 Å². The highest BCUT2D eigenvalue weighted by Crippen LogP contribution is 2.24. The summed E-state index contributed by atoms with van der Waals surface area (Å²) in [5, 5.41) is 8.29. The molecule has 0 aliphatic carbocycles. The smallest absolute Gasteiger partial charge is 0.219 e. The third-order valence-electron chi connectivity index (χ3n) is 3.68. The molecular weight excluding hydrogens is 228 g/mol. The highest BCUT2D eigenvalue weighted by Gasteiger charge is 2.37. The minimum absolute atomic E-state index is 0.298. The number of nitrogens with zero attached hydrogens (tertiary/aromatic N) is 2. The van der Waals surface area contributed by atoms with E-state index in [1.165, 1.54) is 6.42 Å². The number of fused-ring (bicyclic) bond motifs is 1. The number of sulfonamides is 1. The Labute approximate surface area is 97.1 Å². The second-order valence-corrected chi connectivity index (χ2v) is 7.08. The first-order valence-corrected chi connectivity index (χ1v) is 7.40. The molecule has 2 aliphatic rings. The van der Waals surface area contributed by atoms with E-state index in [0.717, 1.165) is 19.5 Å². The van der Waals surface area contributed by atoms with Crippen molar-refractivity contribution in [3.8, 4) is 0 Å². The van der Waals surface area contributed by atoms with Gasteiger partial charge in [0.1, 0.15) is 0 Å². The second kappa shape index (κ2) is 4.60. The molecule has 0 amide bonds. The first kappa shape index (κ1) is 12.3. The predicted octanol–water partition coefficient (Wildman–Crippen LogP) is -0.523. The molecule has 2 fully saturated rings. The average molecular weight is 248 g/mol. The highest BCUT2D eigenvalue weighted by atomic mass is 32.2. The van der Waals surface area contributed by atoms with Gasteiger partial charge in [0.15, 0.2) is 0 Å². The molecule has 0 aromatic rings. The van der Waals surface area contributed by atoms with E-state index in [0.29, 0.717) is 19.1 Å². The Morgan fingerprint density at radius 2 is 2.12 bits per heavy atom. The lowest BCUT2D eigenvalue weighted by molar-refractivity contribution is 0.156. The molecule has 2 aliphatic heterocycles. The summed E-state index contributed by atoms with van der Waals surface area (Å²) in [7, 11) is -3.29. The molecule has 2 unspecified atom stereocenters. The van der Waals surface area contributed by atoms with Gasteiger partial charge in [0, 0.05) is 25.7 Å². The van der Waals surface area contributed by atoms with Gasteiger partial charge in [-0.2, -0.15) is 4.31 Å². The lowest BCUT2D eigenvalue weighted by atomic mass is 10.2. The van der Waals surface area contributed by atoms with Gasteiger partial charge in [0.2, 0.25) is 10.0 Å². The van der Waals surface area contributed by atoms with Gasteiger partial charge in [-0.15, -0.1) is 0 Å². The van der Waals surface area contributed by atoms with Crippen molar-refractivity contribution in [3.63, 3.8) is 0 Å². The molecule has 0 aromatic carbocycles. The number of hydrogen-bond donors (Lipinski definition) is 1. The maximum absolute atomic E-state index is 12.1. The van der Waals surface area contributed by atoms with E-state index in [4.69, 9.17) is 5.11 Å². The van der Waals surface area contributed by atoms with Gasteiger partial charge in [0.25, 0.3) is 0 Å². The Kier molecular flexibility index (Phi) is 3.53. The van der Waals surface area contributed by atoms with E-state index in [1.807, 2.05) is 0 Å². The number of rotatable bonds is 3. The Morgan fingerprint density at radius 3 is 2.81 bits per heavy atom. The van der Waals surface area contributed by atoms with E-state index in [2.05, 4.69) is 4.90 Å². The predicted molar refractivity (Wildman–Crippen MR) is 61.6 cm³/mol. The maximum Gasteiger partial charge on any atom is 0.219 e. The van der Waals surface area contributed by atoms with Gasteiger partial charge < -0.3 is 5.11 Å². The molecule has 0 radical (unpaired) electrons. The van der Waals surface area contributed by atoms with Crippen LogP contribution < -0.4 is 0 Å². The molecule has 2 heterocycles. The van der Waals surface area contributed by atoms with Gasteiger partial charge >= 0.3 is 0 Å². The van der Waals surface area contributed by atoms with Crippen LogP contribution in [0.25, 0.3) is 0 Å². The minimum Gasteiger partial charge on any atom is -0.395 e. The first-order chi connectivity index (χ1) is 7.55. The number of aliphatic hydroxyl groups is 1. The van der Waals surface area contributed by atoms with Crippen LogP contribution in [0.3, 0.4) is 0 Å². The summed E-state index contributed by atoms with van der Waals surface area (Å²) < 4.78 is 25.7. The van der Waals surface area contributed by atoms with Crippen molar-refractivity contribution in [1.82, 2.24) is 9.21 Å². The minimum atomic E-state index is -3.29. The zero-order valence-corrected chi connectivity index (χ0v) is 10.5. The zero-order chi connectivity index (χ0) is 11.8. The fraction of sp³-hybridized carbons (Fsp3) is 1.00. The Morgan fingerprint density at radius 1 is 1.38 bits per heavy atom. The van der Waals surface area contributed by atoms with Crippen LogP contribution in [0, 0.1) is 0 Å². The summed E-state index contributed by atoms with van der Waals surface area (Å²) in [5.41, 5.74) is 0. The molecule has 2 rings (SSSR count). The zero-order valence-electron chi connectivity index (χ0n) is 9.67. The van der Waals surface area contributed by atoms with Crippen molar-refractivity contribution < 1.29 is 13.5 Å². The van der Waals surface area contributed by atoms with Crippen molar-refractivity contribution in [1.29, 1.82) is 0 Å². The lowest BCUT2D eigenvalue weighted by Gasteiger charge is -2.37. The van der Waals surface area contributed by atoms with Gasteiger partial charge in [-0.1, -0.05) is 0 Å². The van der Waals surface area contributed by atoms with E-state index < -0.39 is 15.3 Å². The first-order valence-electron chi connectivity index (χ1n) is 5.89. The van der Waals surface area contributed by atoms with E-state index in [1.54, 1.807) is 11.2 Å². The Bertz CT molecular complexity index is 344. The SMILES string of the molecule is CC(CO)S(=O)(=O)N1CCN2CCCC2C1. The largest absolute Gasteiger partial charge is 0.395 e. The molecule has 6 heteroatoms. The molecule has 2 atom stereocenters. The molecule has 0 saturated carbocycles. The summed E-state index contributed by atoms with van der Waals surface area (Å²) in [6.07, 6.45) is 2.27. The highest BCUT2D eigenvalue weighted by molar-refractivity contribution is 7.89. The van der Waals surface area contributed by atoms with Crippen molar-refractivity contribution in [2.75, 3.05) is 32.8 Å². The summed E-state index contributed by atoms with van der Waals surface area (Å²) in [5.74, 6) is 0. The number of hydrogen-bond acceptors (Lipinski definition) is 4. The topological polar surface area (TPSA) is 60.9 Å². The fourth-order valence-electron chi connectivity index (χ4n) is 2.54. The quantitative estimate of drug-likeness (QED) is 0.730. The molecule has 2 saturated heterocycles. The summed E-state index contributed by atoms with van der Waals surface area (Å²) in [6.45, 7) is 4.38. The standard InChI is InChI=1S/C10H20N2O3S/c1-9(8-13)16(14,15)12-6-5-11-4-2-3-10(11)7-12/h9-10,13H,2-8H2,1H3. The second-order valence-electron chi connectivity index (χ2n) is 4.73. The molecule has 94 valence electrons. The fourth-order valence-corrected chi connectivity index (χ4v) is 3.96. The molecule has 0 spiro atoms. The van der Waals surface area contributed by atoms with E-state index in [9.17, 15) is 8.42 Å². The van der Waals surface area contributed by atoms with Crippen LogP contribution in [0.5, 0.6) is 0 Å². The van der Waals surface area contributed by atoms with Gasteiger partial charge in [-0.05, 0) is 26.3 Å². The van der Waals surface area contributed by atoms with E-state index in [-0.39, 0.29) is 6.61 Å². The molecule has 5 nitrogen and oxygen atoms in total. The van der Waals surface area contributed by atoms with Crippen LogP contribution in [0.2, 0.25) is 0 Å². The van der Waals surface area contributed by atoms with Crippen molar-refractivity contribution in [3.05, 3.63) is 0 Å².